The van der Waals surface area contributed by atoms with E-state index < -0.39 is 0 Å². The summed E-state index contributed by atoms with van der Waals surface area (Å²) in [5, 5.41) is 9.93. The number of halogens is 1. The summed E-state index contributed by atoms with van der Waals surface area (Å²) < 4.78 is 1.05. The first kappa shape index (κ1) is 11.8. The Morgan fingerprint density at radius 3 is 2.94 bits per heavy atom. The summed E-state index contributed by atoms with van der Waals surface area (Å²) in [5.41, 5.74) is 2.94. The van der Waals surface area contributed by atoms with Gasteiger partial charge in [0.25, 0.3) is 0 Å². The summed E-state index contributed by atoms with van der Waals surface area (Å²) in [6.07, 6.45) is 2.83. The van der Waals surface area contributed by atoms with Crippen molar-refractivity contribution in [2.24, 2.45) is 0 Å². The Hall–Kier alpha value is -0.710. The molecule has 0 bridgehead atoms. The Balaban J connectivity index is 1.94. The predicted octanol–water partition coefficient (Wildman–Crippen LogP) is 3.05. The lowest BCUT2D eigenvalue weighted by Gasteiger charge is -2.09. The van der Waals surface area contributed by atoms with E-state index in [-0.39, 0.29) is 6.10 Å². The van der Waals surface area contributed by atoms with Crippen molar-refractivity contribution in [3.05, 3.63) is 50.9 Å². The van der Waals surface area contributed by atoms with Gasteiger partial charge in [0, 0.05) is 22.0 Å². The molecule has 2 rings (SSSR count). The molecule has 0 fully saturated rings. The molecule has 0 amide bonds. The molecule has 0 aliphatic heterocycles. The van der Waals surface area contributed by atoms with E-state index in [1.807, 2.05) is 30.5 Å². The van der Waals surface area contributed by atoms with Gasteiger partial charge in [-0.2, -0.15) is 0 Å². The summed E-state index contributed by atoms with van der Waals surface area (Å²) in [4.78, 5) is 5.12. The van der Waals surface area contributed by atoms with Crippen molar-refractivity contribution in [2.45, 2.75) is 18.9 Å². The van der Waals surface area contributed by atoms with Gasteiger partial charge < -0.3 is 5.11 Å². The van der Waals surface area contributed by atoms with E-state index >= 15 is 0 Å². The van der Waals surface area contributed by atoms with Gasteiger partial charge in [-0.1, -0.05) is 28.1 Å². The molecule has 0 saturated heterocycles. The van der Waals surface area contributed by atoms with Crippen LogP contribution in [0.4, 0.5) is 0 Å². The van der Waals surface area contributed by atoms with E-state index in [9.17, 15) is 5.11 Å². The van der Waals surface area contributed by atoms with Crippen LogP contribution in [-0.4, -0.2) is 16.2 Å². The van der Waals surface area contributed by atoms with Crippen molar-refractivity contribution in [3.8, 4) is 0 Å². The van der Waals surface area contributed by atoms with E-state index in [0.29, 0.717) is 12.8 Å². The SMILES string of the molecule is OC(Cc1cccc(Br)c1)Cc1cncs1. The lowest BCUT2D eigenvalue weighted by molar-refractivity contribution is 0.176. The average Bonchev–Trinajstić information content (AvgIpc) is 2.70. The number of aromatic nitrogens is 1. The standard InChI is InChI=1S/C12H12BrNOS/c13-10-3-1-2-9(4-10)5-11(15)6-12-7-14-8-16-12/h1-4,7-8,11,15H,5-6H2. The topological polar surface area (TPSA) is 33.1 Å². The number of aliphatic hydroxyl groups excluding tert-OH is 1. The summed E-state index contributed by atoms with van der Waals surface area (Å²) in [5.74, 6) is 0. The fourth-order valence-corrected chi connectivity index (χ4v) is 2.70. The highest BCUT2D eigenvalue weighted by atomic mass is 79.9. The minimum Gasteiger partial charge on any atom is -0.392 e. The van der Waals surface area contributed by atoms with Crippen LogP contribution in [-0.2, 0) is 12.8 Å². The maximum absolute atomic E-state index is 9.93. The van der Waals surface area contributed by atoms with Gasteiger partial charge in [-0.3, -0.25) is 4.98 Å². The van der Waals surface area contributed by atoms with Crippen LogP contribution in [0.3, 0.4) is 0 Å². The Morgan fingerprint density at radius 1 is 1.38 bits per heavy atom. The summed E-state index contributed by atoms with van der Waals surface area (Å²) in [6.45, 7) is 0. The Bertz CT molecular complexity index is 444. The molecule has 1 aromatic carbocycles. The zero-order valence-electron chi connectivity index (χ0n) is 8.64. The number of rotatable bonds is 4. The second kappa shape index (κ2) is 5.57. The number of hydrogen-bond acceptors (Lipinski definition) is 3. The first-order valence-corrected chi connectivity index (χ1v) is 6.71. The molecular weight excluding hydrogens is 286 g/mol. The molecule has 0 saturated carbocycles. The second-order valence-corrected chi connectivity index (χ2v) is 5.55. The average molecular weight is 298 g/mol. The molecule has 84 valence electrons. The monoisotopic (exact) mass is 297 g/mol. The van der Waals surface area contributed by atoms with E-state index in [0.717, 1.165) is 14.9 Å². The predicted molar refractivity (Wildman–Crippen MR) is 69.7 cm³/mol. The maximum Gasteiger partial charge on any atom is 0.0794 e. The van der Waals surface area contributed by atoms with Crippen LogP contribution in [0.2, 0.25) is 0 Å². The molecular formula is C12H12BrNOS. The highest BCUT2D eigenvalue weighted by Crippen LogP contribution is 2.15. The normalized spacial score (nSPS) is 12.6. The molecule has 1 N–H and O–H groups in total. The third-order valence-electron chi connectivity index (χ3n) is 2.28. The molecule has 0 aliphatic rings. The van der Waals surface area contributed by atoms with Crippen molar-refractivity contribution >= 4 is 27.3 Å². The summed E-state index contributed by atoms with van der Waals surface area (Å²) >= 11 is 5.01. The molecule has 1 aromatic heterocycles. The Morgan fingerprint density at radius 2 is 2.25 bits per heavy atom. The lowest BCUT2D eigenvalue weighted by Crippen LogP contribution is -2.13. The van der Waals surface area contributed by atoms with Gasteiger partial charge in [0.1, 0.15) is 0 Å². The molecule has 2 aromatic rings. The van der Waals surface area contributed by atoms with Crippen molar-refractivity contribution in [3.63, 3.8) is 0 Å². The van der Waals surface area contributed by atoms with Crippen LogP contribution >= 0.6 is 27.3 Å². The number of thiazole rings is 1. The molecule has 1 atom stereocenters. The number of aliphatic hydroxyl groups is 1. The fourth-order valence-electron chi connectivity index (χ4n) is 1.58. The molecule has 0 aliphatic carbocycles. The van der Waals surface area contributed by atoms with E-state index in [1.54, 1.807) is 16.8 Å². The van der Waals surface area contributed by atoms with Gasteiger partial charge >= 0.3 is 0 Å². The Labute approximate surface area is 107 Å². The second-order valence-electron chi connectivity index (χ2n) is 3.66. The number of benzene rings is 1. The van der Waals surface area contributed by atoms with E-state index in [4.69, 9.17) is 0 Å². The summed E-state index contributed by atoms with van der Waals surface area (Å²) in [7, 11) is 0. The third-order valence-corrected chi connectivity index (χ3v) is 3.58. The lowest BCUT2D eigenvalue weighted by atomic mass is 10.1. The van der Waals surface area contributed by atoms with Gasteiger partial charge in [0.05, 0.1) is 11.6 Å². The van der Waals surface area contributed by atoms with Gasteiger partial charge in [0.2, 0.25) is 0 Å². The fraction of sp³-hybridized carbons (Fsp3) is 0.250. The van der Waals surface area contributed by atoms with Crippen LogP contribution in [0, 0.1) is 0 Å². The van der Waals surface area contributed by atoms with E-state index in [1.165, 1.54) is 0 Å². The smallest absolute Gasteiger partial charge is 0.0794 e. The molecule has 16 heavy (non-hydrogen) atoms. The van der Waals surface area contributed by atoms with Gasteiger partial charge in [-0.05, 0) is 24.1 Å². The molecule has 0 radical (unpaired) electrons. The van der Waals surface area contributed by atoms with Crippen LogP contribution in [0.1, 0.15) is 10.4 Å². The minimum absolute atomic E-state index is 0.338. The number of nitrogens with zero attached hydrogens (tertiary/aromatic N) is 1. The zero-order valence-corrected chi connectivity index (χ0v) is 11.0. The quantitative estimate of drug-likeness (QED) is 0.941. The van der Waals surface area contributed by atoms with Crippen molar-refractivity contribution in [1.29, 1.82) is 0 Å². The van der Waals surface area contributed by atoms with Crippen LogP contribution in [0.5, 0.6) is 0 Å². The van der Waals surface area contributed by atoms with Gasteiger partial charge in [0.15, 0.2) is 0 Å². The van der Waals surface area contributed by atoms with Crippen molar-refractivity contribution < 1.29 is 5.11 Å². The summed E-state index contributed by atoms with van der Waals surface area (Å²) in [6, 6.07) is 8.04. The number of hydrogen-bond donors (Lipinski definition) is 1. The Kier molecular flexibility index (Phi) is 4.09. The molecule has 2 nitrogen and oxygen atoms in total. The zero-order chi connectivity index (χ0) is 11.4. The van der Waals surface area contributed by atoms with Crippen molar-refractivity contribution in [1.82, 2.24) is 4.98 Å². The highest BCUT2D eigenvalue weighted by molar-refractivity contribution is 9.10. The van der Waals surface area contributed by atoms with Gasteiger partial charge in [-0.25, -0.2) is 0 Å². The minimum atomic E-state index is -0.338. The van der Waals surface area contributed by atoms with Crippen LogP contribution in [0.15, 0.2) is 40.4 Å². The van der Waals surface area contributed by atoms with Crippen LogP contribution < -0.4 is 0 Å². The molecule has 1 heterocycles. The first-order chi connectivity index (χ1) is 7.74. The van der Waals surface area contributed by atoms with Crippen LogP contribution in [0.25, 0.3) is 0 Å². The largest absolute Gasteiger partial charge is 0.392 e. The highest BCUT2D eigenvalue weighted by Gasteiger charge is 2.08. The third kappa shape index (κ3) is 3.40. The molecule has 1 unspecified atom stereocenters. The molecule has 0 spiro atoms. The van der Waals surface area contributed by atoms with Crippen molar-refractivity contribution in [2.75, 3.05) is 0 Å². The van der Waals surface area contributed by atoms with E-state index in [2.05, 4.69) is 20.9 Å². The first-order valence-electron chi connectivity index (χ1n) is 5.04. The van der Waals surface area contributed by atoms with Gasteiger partial charge in [-0.15, -0.1) is 11.3 Å². The molecule has 4 heteroatoms. The maximum atomic E-state index is 9.93.